The van der Waals surface area contributed by atoms with Gasteiger partial charge in [0.25, 0.3) is 0 Å². The van der Waals surface area contributed by atoms with Crippen LogP contribution in [-0.4, -0.2) is 10.9 Å². The van der Waals surface area contributed by atoms with Gasteiger partial charge in [-0.25, -0.2) is 4.39 Å². The first-order valence-corrected chi connectivity index (χ1v) is 2.84. The maximum atomic E-state index is 11.8. The van der Waals surface area contributed by atoms with E-state index in [0.717, 1.165) is 0 Å². The van der Waals surface area contributed by atoms with Gasteiger partial charge in [-0.05, 0) is 22.4 Å². The molecule has 40 valence electrons. The predicted octanol–water partition coefficient (Wildman–Crippen LogP) is 1.27. The normalized spacial score (nSPS) is 38.0. The summed E-state index contributed by atoms with van der Waals surface area (Å²) in [5.74, 6) is -0.319. The zero-order valence-electron chi connectivity index (χ0n) is 3.53. The molecule has 0 bridgehead atoms. The van der Waals surface area contributed by atoms with Gasteiger partial charge in [0.05, 0.1) is 5.92 Å². The van der Waals surface area contributed by atoms with E-state index in [1.807, 2.05) is 0 Å². The number of alkyl halides is 1. The Balaban J connectivity index is 2.33. The summed E-state index contributed by atoms with van der Waals surface area (Å²) < 4.78 is 11.6. The Hall–Kier alpha value is 0.0800. The van der Waals surface area contributed by atoms with Crippen LogP contribution in [0.15, 0.2) is 0 Å². The van der Waals surface area contributed by atoms with Crippen LogP contribution in [-0.2, 0) is 4.79 Å². The fraction of sp³-hybridized carbons (Fsp3) is 0.750. The average molecular weight is 167 g/mol. The van der Waals surface area contributed by atoms with Crippen molar-refractivity contribution < 1.29 is 9.18 Å². The number of hydrogen-bond acceptors (Lipinski definition) is 1. The summed E-state index contributed by atoms with van der Waals surface area (Å²) in [6, 6.07) is 0. The van der Waals surface area contributed by atoms with E-state index in [4.69, 9.17) is 0 Å². The third kappa shape index (κ3) is 0.996. The Morgan fingerprint density at radius 1 is 1.86 bits per heavy atom. The molecule has 1 nitrogen and oxygen atoms in total. The van der Waals surface area contributed by atoms with Crippen LogP contribution in [0.25, 0.3) is 0 Å². The van der Waals surface area contributed by atoms with Crippen LogP contribution < -0.4 is 0 Å². The van der Waals surface area contributed by atoms with Crippen molar-refractivity contribution in [3.8, 4) is 0 Å². The van der Waals surface area contributed by atoms with Crippen LogP contribution in [0.4, 0.5) is 4.39 Å². The third-order valence-corrected chi connectivity index (χ3v) is 1.59. The number of rotatable bonds is 1. The van der Waals surface area contributed by atoms with Gasteiger partial charge < -0.3 is 0 Å². The summed E-state index contributed by atoms with van der Waals surface area (Å²) in [6.07, 6.45) is -0.434. The molecule has 1 fully saturated rings. The summed E-state index contributed by atoms with van der Waals surface area (Å²) in [5, 5.41) is 0. The molecule has 0 aromatic carbocycles. The molecule has 0 N–H and O–H groups in total. The Labute approximate surface area is 49.0 Å². The molecule has 0 amide bonds. The standard InChI is InChI=1S/C4H4BrFO/c5-4(7)2-1-3(2)6/h2-3H,1H2. The Morgan fingerprint density at radius 2 is 2.29 bits per heavy atom. The maximum absolute atomic E-state index is 11.8. The molecule has 1 aliphatic rings. The zero-order valence-corrected chi connectivity index (χ0v) is 5.11. The van der Waals surface area contributed by atoms with Crippen LogP contribution in [0.5, 0.6) is 0 Å². The third-order valence-electron chi connectivity index (χ3n) is 1.00. The predicted molar refractivity (Wildman–Crippen MR) is 26.9 cm³/mol. The largest absolute Gasteiger partial charge is 0.286 e. The van der Waals surface area contributed by atoms with Gasteiger partial charge in [-0.1, -0.05) is 0 Å². The lowest BCUT2D eigenvalue weighted by Crippen LogP contribution is -1.88. The van der Waals surface area contributed by atoms with Gasteiger partial charge in [-0.3, -0.25) is 4.79 Å². The molecule has 0 radical (unpaired) electrons. The van der Waals surface area contributed by atoms with Gasteiger partial charge in [0, 0.05) is 0 Å². The van der Waals surface area contributed by atoms with E-state index < -0.39 is 6.17 Å². The van der Waals surface area contributed by atoms with Crippen molar-refractivity contribution in [2.45, 2.75) is 12.6 Å². The molecule has 7 heavy (non-hydrogen) atoms. The summed E-state index contributed by atoms with van der Waals surface area (Å²) in [4.78, 5) is 10.1. The lowest BCUT2D eigenvalue weighted by atomic mass is 10.5. The molecular weight excluding hydrogens is 163 g/mol. The molecule has 0 aromatic heterocycles. The minimum atomic E-state index is -0.855. The van der Waals surface area contributed by atoms with Gasteiger partial charge in [-0.2, -0.15) is 0 Å². The van der Waals surface area contributed by atoms with Crippen molar-refractivity contribution in [1.29, 1.82) is 0 Å². The van der Waals surface area contributed by atoms with Crippen molar-refractivity contribution in [1.82, 2.24) is 0 Å². The molecule has 1 aliphatic carbocycles. The lowest BCUT2D eigenvalue weighted by Gasteiger charge is -1.75. The smallest absolute Gasteiger partial charge is 0.203 e. The van der Waals surface area contributed by atoms with Gasteiger partial charge >= 0.3 is 0 Å². The highest BCUT2D eigenvalue weighted by molar-refractivity contribution is 9.18. The second kappa shape index (κ2) is 1.54. The van der Waals surface area contributed by atoms with E-state index in [1.54, 1.807) is 0 Å². The van der Waals surface area contributed by atoms with Crippen LogP contribution in [0.3, 0.4) is 0 Å². The minimum absolute atomic E-state index is 0.194. The number of hydrogen-bond donors (Lipinski definition) is 0. The molecule has 2 unspecified atom stereocenters. The molecule has 0 saturated heterocycles. The average Bonchev–Trinajstić information content (AvgIpc) is 2.17. The number of halogens is 2. The van der Waals surface area contributed by atoms with E-state index in [-0.39, 0.29) is 10.6 Å². The van der Waals surface area contributed by atoms with Crippen molar-refractivity contribution in [3.63, 3.8) is 0 Å². The van der Waals surface area contributed by atoms with Crippen LogP contribution >= 0.6 is 15.9 Å². The maximum Gasteiger partial charge on any atom is 0.203 e. The van der Waals surface area contributed by atoms with E-state index in [1.165, 1.54) is 0 Å². The summed E-state index contributed by atoms with van der Waals surface area (Å²) >= 11 is 2.66. The van der Waals surface area contributed by atoms with Gasteiger partial charge in [0.2, 0.25) is 4.69 Å². The molecule has 2 atom stereocenters. The van der Waals surface area contributed by atoms with Crippen LogP contribution in [0.1, 0.15) is 6.42 Å². The van der Waals surface area contributed by atoms with E-state index in [2.05, 4.69) is 15.9 Å². The molecule has 3 heteroatoms. The number of carbonyl (C=O) groups is 1. The highest BCUT2D eigenvalue weighted by Crippen LogP contribution is 2.35. The monoisotopic (exact) mass is 166 g/mol. The highest BCUT2D eigenvalue weighted by atomic mass is 79.9. The van der Waals surface area contributed by atoms with Crippen molar-refractivity contribution >= 4 is 20.6 Å². The second-order valence-corrected chi connectivity index (χ2v) is 2.44. The quantitative estimate of drug-likeness (QED) is 0.537. The van der Waals surface area contributed by atoms with Crippen molar-refractivity contribution in [2.24, 2.45) is 5.92 Å². The number of carbonyl (C=O) groups excluding carboxylic acids is 1. The Bertz CT molecular complexity index is 104. The van der Waals surface area contributed by atoms with Crippen LogP contribution in [0, 0.1) is 5.92 Å². The van der Waals surface area contributed by atoms with Crippen molar-refractivity contribution in [2.75, 3.05) is 0 Å². The van der Waals surface area contributed by atoms with Crippen LogP contribution in [0.2, 0.25) is 0 Å². The second-order valence-electron chi connectivity index (χ2n) is 1.66. The summed E-state index contributed by atoms with van der Waals surface area (Å²) in [7, 11) is 0. The zero-order chi connectivity index (χ0) is 5.44. The molecule has 1 saturated carbocycles. The van der Waals surface area contributed by atoms with Gasteiger partial charge in [0.15, 0.2) is 0 Å². The minimum Gasteiger partial charge on any atom is -0.286 e. The molecule has 0 spiro atoms. The summed E-state index contributed by atoms with van der Waals surface area (Å²) in [5.41, 5.74) is 0. The first kappa shape index (κ1) is 5.22. The first-order valence-electron chi connectivity index (χ1n) is 2.05. The molecule has 0 aromatic rings. The lowest BCUT2D eigenvalue weighted by molar-refractivity contribution is -0.111. The first-order chi connectivity index (χ1) is 3.22. The molecule has 0 heterocycles. The molecule has 0 aliphatic heterocycles. The molecular formula is C4H4BrFO. The fourth-order valence-corrected chi connectivity index (χ4v) is 0.873. The van der Waals surface area contributed by atoms with Crippen molar-refractivity contribution in [3.05, 3.63) is 0 Å². The fourth-order valence-electron chi connectivity index (χ4n) is 0.399. The van der Waals surface area contributed by atoms with E-state index in [9.17, 15) is 9.18 Å². The van der Waals surface area contributed by atoms with E-state index >= 15 is 0 Å². The van der Waals surface area contributed by atoms with Gasteiger partial charge in [-0.15, -0.1) is 0 Å². The molecule has 1 rings (SSSR count). The summed E-state index contributed by atoms with van der Waals surface area (Å²) in [6.45, 7) is 0. The Morgan fingerprint density at radius 3 is 2.29 bits per heavy atom. The SMILES string of the molecule is O=C(Br)C1CC1F. The Kier molecular flexibility index (Phi) is 1.15. The van der Waals surface area contributed by atoms with Gasteiger partial charge in [0.1, 0.15) is 6.17 Å². The highest BCUT2D eigenvalue weighted by Gasteiger charge is 2.42. The van der Waals surface area contributed by atoms with E-state index in [0.29, 0.717) is 6.42 Å². The topological polar surface area (TPSA) is 17.1 Å².